The number of aliphatic hydroxyl groups is 1. The Kier molecular flexibility index (Phi) is 6.76. The van der Waals surface area contributed by atoms with E-state index in [9.17, 15) is 5.11 Å². The van der Waals surface area contributed by atoms with Gasteiger partial charge in [0.1, 0.15) is 10.8 Å². The molecule has 4 atom stereocenters. The zero-order valence-electron chi connectivity index (χ0n) is 16.3. The van der Waals surface area contributed by atoms with Crippen LogP contribution in [-0.4, -0.2) is 52.0 Å². The predicted molar refractivity (Wildman–Crippen MR) is 109 cm³/mol. The Labute approximate surface area is 161 Å². The van der Waals surface area contributed by atoms with E-state index in [0.717, 1.165) is 18.5 Å². The summed E-state index contributed by atoms with van der Waals surface area (Å²) in [5.41, 5.74) is 7.16. The predicted octanol–water partition coefficient (Wildman–Crippen LogP) is 2.08. The molecular weight excluding hydrogens is 350 g/mol. The minimum absolute atomic E-state index is 0.0719. The molecule has 146 valence electrons. The third kappa shape index (κ3) is 4.42. The van der Waals surface area contributed by atoms with Crippen molar-refractivity contribution in [3.05, 3.63) is 11.3 Å². The summed E-state index contributed by atoms with van der Waals surface area (Å²) in [5, 5.41) is 16.4. The number of thiocarbonyl (C=S) groups is 1. The van der Waals surface area contributed by atoms with Crippen LogP contribution < -0.4 is 16.4 Å². The van der Waals surface area contributed by atoms with Crippen molar-refractivity contribution < 1.29 is 9.84 Å². The number of nitrogens with zero attached hydrogens (tertiary/aromatic N) is 2. The topological polar surface area (TPSA) is 105 Å². The largest absolute Gasteiger partial charge is 0.396 e. The summed E-state index contributed by atoms with van der Waals surface area (Å²) in [6, 6.07) is 0.0719. The summed E-state index contributed by atoms with van der Waals surface area (Å²) in [6.07, 6.45) is 1.92. The van der Waals surface area contributed by atoms with E-state index in [2.05, 4.69) is 34.4 Å². The fourth-order valence-electron chi connectivity index (χ4n) is 3.71. The summed E-state index contributed by atoms with van der Waals surface area (Å²) in [4.78, 5) is 9.42. The second-order valence-corrected chi connectivity index (χ2v) is 7.97. The molecule has 0 aliphatic heterocycles. The quantitative estimate of drug-likeness (QED) is 0.507. The smallest absolute Gasteiger partial charge is 0.225 e. The number of aliphatic hydroxyl groups excluding tert-OH is 1. The number of anilines is 2. The monoisotopic (exact) mass is 381 g/mol. The van der Waals surface area contributed by atoms with E-state index in [1.807, 2.05) is 13.8 Å². The molecule has 1 heterocycles. The Balaban J connectivity index is 2.35. The van der Waals surface area contributed by atoms with Crippen LogP contribution in [0.3, 0.4) is 0 Å². The van der Waals surface area contributed by atoms with Crippen LogP contribution in [0, 0.1) is 18.8 Å². The molecule has 1 fully saturated rings. The molecule has 1 saturated carbocycles. The van der Waals surface area contributed by atoms with Gasteiger partial charge in [-0.2, -0.15) is 4.98 Å². The van der Waals surface area contributed by atoms with Crippen LogP contribution in [0.1, 0.15) is 44.9 Å². The standard InChI is InChI=1S/C18H31N5O2S/c1-10(9-25-5)20-17-21-12(3)14(15(19)26)16(22-17)23-18(4)7-6-13(8-24)11(18)2/h10-11,13,24H,6-9H2,1-5H3,(H2,19,26)(H2,20,21,22,23). The minimum atomic E-state index is -0.191. The van der Waals surface area contributed by atoms with Gasteiger partial charge in [0, 0.05) is 25.3 Å². The Bertz CT molecular complexity index is 657. The summed E-state index contributed by atoms with van der Waals surface area (Å²) in [5.74, 6) is 1.74. The minimum Gasteiger partial charge on any atom is -0.396 e. The van der Waals surface area contributed by atoms with Crippen LogP contribution >= 0.6 is 12.2 Å². The number of nitrogens with one attached hydrogen (secondary N) is 2. The fourth-order valence-corrected chi connectivity index (χ4v) is 3.96. The van der Waals surface area contributed by atoms with E-state index in [-0.39, 0.29) is 29.1 Å². The summed E-state index contributed by atoms with van der Waals surface area (Å²) < 4.78 is 5.16. The lowest BCUT2D eigenvalue weighted by atomic mass is 9.86. The van der Waals surface area contributed by atoms with E-state index in [1.165, 1.54) is 0 Å². The normalized spacial score (nSPS) is 26.5. The van der Waals surface area contributed by atoms with Gasteiger partial charge in [0.15, 0.2) is 0 Å². The van der Waals surface area contributed by atoms with Crippen molar-refractivity contribution >= 4 is 29.0 Å². The number of ether oxygens (including phenoxy) is 1. The van der Waals surface area contributed by atoms with Crippen molar-refractivity contribution in [1.82, 2.24) is 9.97 Å². The van der Waals surface area contributed by atoms with Crippen molar-refractivity contribution in [2.75, 3.05) is 31.0 Å². The van der Waals surface area contributed by atoms with E-state index >= 15 is 0 Å². The van der Waals surface area contributed by atoms with E-state index in [4.69, 9.17) is 22.7 Å². The maximum absolute atomic E-state index is 9.60. The SMILES string of the molecule is COCC(C)Nc1nc(C)c(C(N)=S)c(NC2(C)CCC(CO)C2C)n1. The van der Waals surface area contributed by atoms with Crippen molar-refractivity contribution in [1.29, 1.82) is 0 Å². The van der Waals surface area contributed by atoms with Gasteiger partial charge in [-0.25, -0.2) is 4.98 Å². The first-order valence-corrected chi connectivity index (χ1v) is 9.45. The van der Waals surface area contributed by atoms with Crippen LogP contribution in [0.4, 0.5) is 11.8 Å². The van der Waals surface area contributed by atoms with Gasteiger partial charge in [-0.1, -0.05) is 19.1 Å². The second kappa shape index (κ2) is 8.45. The highest BCUT2D eigenvalue weighted by atomic mass is 32.1. The van der Waals surface area contributed by atoms with Gasteiger partial charge in [-0.3, -0.25) is 0 Å². The summed E-state index contributed by atoms with van der Waals surface area (Å²) >= 11 is 5.24. The highest BCUT2D eigenvalue weighted by Gasteiger charge is 2.42. The Morgan fingerprint density at radius 2 is 2.19 bits per heavy atom. The van der Waals surface area contributed by atoms with Gasteiger partial charge in [-0.05, 0) is 45.4 Å². The van der Waals surface area contributed by atoms with Gasteiger partial charge in [0.2, 0.25) is 5.95 Å². The first kappa shape index (κ1) is 20.8. The maximum atomic E-state index is 9.60. The van der Waals surface area contributed by atoms with Crippen LogP contribution in [0.15, 0.2) is 0 Å². The van der Waals surface area contributed by atoms with Crippen molar-refractivity contribution in [2.24, 2.45) is 17.6 Å². The average Bonchev–Trinajstić information content (AvgIpc) is 2.81. The highest BCUT2D eigenvalue weighted by molar-refractivity contribution is 7.80. The maximum Gasteiger partial charge on any atom is 0.225 e. The molecule has 8 heteroatoms. The number of hydrogen-bond acceptors (Lipinski definition) is 7. The zero-order chi connectivity index (χ0) is 19.5. The number of aryl methyl sites for hydroxylation is 1. The Morgan fingerprint density at radius 1 is 1.50 bits per heavy atom. The molecule has 5 N–H and O–H groups in total. The van der Waals surface area contributed by atoms with E-state index in [0.29, 0.717) is 29.9 Å². The summed E-state index contributed by atoms with van der Waals surface area (Å²) in [7, 11) is 1.66. The molecule has 0 spiro atoms. The molecule has 1 aliphatic carbocycles. The molecule has 26 heavy (non-hydrogen) atoms. The van der Waals surface area contributed by atoms with Crippen LogP contribution in [0.2, 0.25) is 0 Å². The fraction of sp³-hybridized carbons (Fsp3) is 0.722. The van der Waals surface area contributed by atoms with Gasteiger partial charge in [0.05, 0.1) is 17.9 Å². The summed E-state index contributed by atoms with van der Waals surface area (Å²) in [6.45, 7) is 8.96. The number of aromatic nitrogens is 2. The number of hydrogen-bond donors (Lipinski definition) is 4. The molecule has 1 aromatic heterocycles. The Hall–Kier alpha value is -1.51. The second-order valence-electron chi connectivity index (χ2n) is 7.53. The molecule has 0 bridgehead atoms. The molecule has 1 aromatic rings. The molecule has 0 saturated heterocycles. The lowest BCUT2D eigenvalue weighted by molar-refractivity contribution is 0.187. The lowest BCUT2D eigenvalue weighted by Gasteiger charge is -2.34. The first-order chi connectivity index (χ1) is 12.2. The van der Waals surface area contributed by atoms with Crippen LogP contribution in [0.25, 0.3) is 0 Å². The Morgan fingerprint density at radius 3 is 2.73 bits per heavy atom. The van der Waals surface area contributed by atoms with E-state index in [1.54, 1.807) is 7.11 Å². The molecule has 7 nitrogen and oxygen atoms in total. The van der Waals surface area contributed by atoms with Gasteiger partial charge < -0.3 is 26.2 Å². The van der Waals surface area contributed by atoms with Crippen LogP contribution in [0.5, 0.6) is 0 Å². The third-order valence-electron chi connectivity index (χ3n) is 5.51. The van der Waals surface area contributed by atoms with Crippen molar-refractivity contribution in [2.45, 2.75) is 52.1 Å². The third-order valence-corrected chi connectivity index (χ3v) is 5.72. The van der Waals surface area contributed by atoms with Crippen molar-refractivity contribution in [3.8, 4) is 0 Å². The highest BCUT2D eigenvalue weighted by Crippen LogP contribution is 2.42. The lowest BCUT2D eigenvalue weighted by Crippen LogP contribution is -2.40. The zero-order valence-corrected chi connectivity index (χ0v) is 17.1. The van der Waals surface area contributed by atoms with E-state index < -0.39 is 0 Å². The van der Waals surface area contributed by atoms with Crippen molar-refractivity contribution in [3.63, 3.8) is 0 Å². The average molecular weight is 382 g/mol. The molecule has 0 amide bonds. The molecule has 4 unspecified atom stereocenters. The number of nitrogens with two attached hydrogens (primary N) is 1. The molecule has 0 aromatic carbocycles. The van der Waals surface area contributed by atoms with Gasteiger partial charge in [0.25, 0.3) is 0 Å². The molecule has 1 aliphatic rings. The van der Waals surface area contributed by atoms with Gasteiger partial charge >= 0.3 is 0 Å². The number of methoxy groups -OCH3 is 1. The molecule has 0 radical (unpaired) electrons. The van der Waals surface area contributed by atoms with Crippen LogP contribution in [-0.2, 0) is 4.74 Å². The number of rotatable bonds is 8. The van der Waals surface area contributed by atoms with Gasteiger partial charge in [-0.15, -0.1) is 0 Å². The molecular formula is C18H31N5O2S. The molecule has 2 rings (SSSR count). The first-order valence-electron chi connectivity index (χ1n) is 9.04.